The van der Waals surface area contributed by atoms with Crippen molar-refractivity contribution >= 4 is 69.5 Å². The number of imide groups is 2. The van der Waals surface area contributed by atoms with Crippen molar-refractivity contribution in [1.29, 1.82) is 0 Å². The Morgan fingerprint density at radius 3 is 2.38 bits per heavy atom. The molecule has 9 rings (SSSR count). The standard InChI is InChI=1S/C28H35ClN6O4.C18H17F2N3O4/c1-17(2)35-23-8-7-19(13-18(23)14-24(27(35)37)38-16-25(36)30-3)32-26-22(29)15-31-28(33-26)34-11-9-21(10-12-34)39-20-5-4-6-20;19-18(20)8-21-6-5-12(18)9-1-2-10-11(7-9)17(27)23(16(10)26)13-3-4-14(24)22-15(13)25/h7-8,13-15,17,20-21H,4-6,9-12,16H2,1-3H3,(H,30,36)(H,31,32,33);1-2,7,12-13,21H,3-6,8H2,(H,22,24,25). The van der Waals surface area contributed by atoms with Crippen molar-refractivity contribution < 1.29 is 42.2 Å². The van der Waals surface area contributed by atoms with Gasteiger partial charge in [-0.05, 0) is 107 Å². The van der Waals surface area contributed by atoms with Crippen LogP contribution >= 0.6 is 11.6 Å². The van der Waals surface area contributed by atoms with E-state index >= 15 is 0 Å². The first kappa shape index (κ1) is 46.5. The summed E-state index contributed by atoms with van der Waals surface area (Å²) in [5.41, 5.74) is 1.63. The van der Waals surface area contributed by atoms with E-state index < -0.39 is 48.1 Å². The lowest BCUT2D eigenvalue weighted by Crippen LogP contribution is -2.54. The molecule has 2 aromatic carbocycles. The molecule has 4 aromatic rings. The minimum Gasteiger partial charge on any atom is -0.478 e. The molecule has 0 bridgehead atoms. The molecule has 1 saturated carbocycles. The third-order valence-electron chi connectivity index (χ3n) is 12.7. The quantitative estimate of drug-likeness (QED) is 0.142. The minimum absolute atomic E-state index is 0.0242. The average molecular weight is 932 g/mol. The molecule has 17 nitrogen and oxygen atoms in total. The zero-order chi connectivity index (χ0) is 46.9. The number of amides is 5. The monoisotopic (exact) mass is 931 g/mol. The molecular weight excluding hydrogens is 880 g/mol. The van der Waals surface area contributed by atoms with E-state index in [2.05, 4.69) is 31.2 Å². The van der Waals surface area contributed by atoms with Gasteiger partial charge in [-0.25, -0.2) is 13.8 Å². The second-order valence-electron chi connectivity index (χ2n) is 17.4. The molecule has 20 heteroatoms. The number of ether oxygens (including phenoxy) is 2. The summed E-state index contributed by atoms with van der Waals surface area (Å²) in [4.78, 5) is 85.7. The van der Waals surface area contributed by atoms with Gasteiger partial charge in [0.15, 0.2) is 18.2 Å². The lowest BCUT2D eigenvalue weighted by molar-refractivity contribution is -0.136. The van der Waals surface area contributed by atoms with Crippen molar-refractivity contribution in [3.8, 4) is 5.75 Å². The molecule has 0 radical (unpaired) electrons. The van der Waals surface area contributed by atoms with Gasteiger partial charge in [0.2, 0.25) is 17.8 Å². The summed E-state index contributed by atoms with van der Waals surface area (Å²) in [6, 6.07) is 10.3. The van der Waals surface area contributed by atoms with Crippen LogP contribution in [-0.4, -0.2) is 113 Å². The fourth-order valence-electron chi connectivity index (χ4n) is 8.89. The number of hydrogen-bond acceptors (Lipinski definition) is 13. The number of anilines is 3. The smallest absolute Gasteiger partial charge is 0.293 e. The van der Waals surface area contributed by atoms with Crippen LogP contribution in [0.25, 0.3) is 10.9 Å². The predicted molar refractivity (Wildman–Crippen MR) is 241 cm³/mol. The molecule has 1 aliphatic carbocycles. The lowest BCUT2D eigenvalue weighted by Gasteiger charge is -2.36. The maximum absolute atomic E-state index is 14.2. The van der Waals surface area contributed by atoms with Crippen molar-refractivity contribution in [2.75, 3.05) is 50.1 Å². The van der Waals surface area contributed by atoms with E-state index in [1.54, 1.807) is 16.8 Å². The van der Waals surface area contributed by atoms with Gasteiger partial charge in [-0.15, -0.1) is 0 Å². The number of likely N-dealkylation sites (N-methyl/N-ethyl adjacent to an activating group) is 1. The van der Waals surface area contributed by atoms with Crippen molar-refractivity contribution in [2.24, 2.45) is 0 Å². The molecule has 5 amide bonds. The van der Waals surface area contributed by atoms with Gasteiger partial charge < -0.3 is 34.9 Å². The molecule has 0 spiro atoms. The van der Waals surface area contributed by atoms with Crippen molar-refractivity contribution in [3.05, 3.63) is 80.7 Å². The average Bonchev–Trinajstić information content (AvgIpc) is 3.52. The molecule has 2 atom stereocenters. The SMILES string of the molecule is CNC(=O)COc1cc2cc(Nc3nc(N4CCC(OC5CCC5)CC4)ncc3Cl)ccc2n(C(C)C)c1=O.O=C1CCC(N2C(=O)c3ccc(C4CCNCC4(F)F)cc3C2=O)C(=O)N1. The number of carbonyl (C=O) groups excluding carboxylic acids is 5. The van der Waals surface area contributed by atoms with Crippen LogP contribution in [0.3, 0.4) is 0 Å². The summed E-state index contributed by atoms with van der Waals surface area (Å²) in [7, 11) is 1.52. The lowest BCUT2D eigenvalue weighted by atomic mass is 9.85. The molecule has 2 aromatic heterocycles. The highest BCUT2D eigenvalue weighted by Crippen LogP contribution is 2.40. The molecule has 3 saturated heterocycles. The van der Waals surface area contributed by atoms with Crippen LogP contribution in [0.4, 0.5) is 26.2 Å². The third kappa shape index (κ3) is 9.73. The number of nitrogens with zero attached hydrogens (tertiary/aromatic N) is 5. The van der Waals surface area contributed by atoms with E-state index in [-0.39, 0.29) is 60.3 Å². The normalized spacial score (nSPS) is 21.0. The van der Waals surface area contributed by atoms with Gasteiger partial charge in [0.25, 0.3) is 29.2 Å². The summed E-state index contributed by atoms with van der Waals surface area (Å²) >= 11 is 6.47. The number of fused-ring (bicyclic) bond motifs is 2. The van der Waals surface area contributed by atoms with E-state index in [0.717, 1.165) is 47.4 Å². The van der Waals surface area contributed by atoms with E-state index in [1.807, 2.05) is 32.0 Å². The van der Waals surface area contributed by atoms with Crippen LogP contribution < -0.4 is 36.5 Å². The summed E-state index contributed by atoms with van der Waals surface area (Å²) in [5, 5.41) is 11.8. The van der Waals surface area contributed by atoms with E-state index in [9.17, 15) is 37.5 Å². The second kappa shape index (κ2) is 19.4. The summed E-state index contributed by atoms with van der Waals surface area (Å²) < 4.78 is 41.9. The molecule has 4 N–H and O–H groups in total. The molecule has 6 heterocycles. The summed E-state index contributed by atoms with van der Waals surface area (Å²) in [6.45, 7) is 5.28. The minimum atomic E-state index is -2.96. The third-order valence-corrected chi connectivity index (χ3v) is 12.9. The second-order valence-corrected chi connectivity index (χ2v) is 17.8. The van der Waals surface area contributed by atoms with Crippen LogP contribution in [0.2, 0.25) is 5.02 Å². The number of rotatable bonds is 11. The van der Waals surface area contributed by atoms with Crippen molar-refractivity contribution in [2.45, 2.75) is 101 Å². The first-order valence-corrected chi connectivity index (χ1v) is 22.7. The van der Waals surface area contributed by atoms with Crippen LogP contribution in [0.15, 0.2) is 53.5 Å². The Bertz CT molecular complexity index is 2620. The summed E-state index contributed by atoms with van der Waals surface area (Å²) in [5.74, 6) is -5.57. The number of pyridine rings is 1. The Hall–Kier alpha value is -6.05. The Kier molecular flexibility index (Phi) is 13.7. The number of halogens is 3. The highest BCUT2D eigenvalue weighted by Gasteiger charge is 2.47. The topological polar surface area (TPSA) is 206 Å². The van der Waals surface area contributed by atoms with Gasteiger partial charge in [-0.1, -0.05) is 17.7 Å². The Morgan fingerprint density at radius 1 is 0.955 bits per heavy atom. The number of benzene rings is 2. The van der Waals surface area contributed by atoms with Crippen molar-refractivity contribution in [1.82, 2.24) is 35.4 Å². The van der Waals surface area contributed by atoms with E-state index in [1.165, 1.54) is 44.5 Å². The molecule has 5 aliphatic rings. The van der Waals surface area contributed by atoms with Crippen molar-refractivity contribution in [3.63, 3.8) is 0 Å². The van der Waals surface area contributed by atoms with Crippen LogP contribution in [-0.2, 0) is 19.1 Å². The molecule has 4 fully saturated rings. The fraction of sp³-hybridized carbons (Fsp3) is 0.478. The van der Waals surface area contributed by atoms with Gasteiger partial charge in [0.1, 0.15) is 11.1 Å². The molecular formula is C46H52ClF2N9O8. The molecule has 2 unspecified atom stereocenters. The molecule has 350 valence electrons. The zero-order valence-electron chi connectivity index (χ0n) is 36.8. The largest absolute Gasteiger partial charge is 0.478 e. The predicted octanol–water partition coefficient (Wildman–Crippen LogP) is 5.23. The van der Waals surface area contributed by atoms with Crippen LogP contribution in [0, 0.1) is 0 Å². The zero-order valence-corrected chi connectivity index (χ0v) is 37.6. The van der Waals surface area contributed by atoms with Gasteiger partial charge in [0.05, 0.1) is 47.5 Å². The number of hydrogen-bond donors (Lipinski definition) is 4. The Balaban J connectivity index is 0.000000192. The highest BCUT2D eigenvalue weighted by atomic mass is 35.5. The van der Waals surface area contributed by atoms with Gasteiger partial charge >= 0.3 is 0 Å². The number of alkyl halides is 2. The molecule has 66 heavy (non-hydrogen) atoms. The van der Waals surface area contributed by atoms with E-state index in [4.69, 9.17) is 26.1 Å². The maximum Gasteiger partial charge on any atom is 0.293 e. The highest BCUT2D eigenvalue weighted by molar-refractivity contribution is 6.33. The number of piperidine rings is 3. The van der Waals surface area contributed by atoms with Crippen LogP contribution in [0.1, 0.15) is 103 Å². The Labute approximate surface area is 383 Å². The number of nitrogens with one attached hydrogen (secondary N) is 4. The van der Waals surface area contributed by atoms with E-state index in [0.29, 0.717) is 41.1 Å². The summed E-state index contributed by atoms with van der Waals surface area (Å²) in [6.07, 6.45) is 8.22. The van der Waals surface area contributed by atoms with Gasteiger partial charge in [-0.3, -0.25) is 39.0 Å². The van der Waals surface area contributed by atoms with Gasteiger partial charge in [-0.2, -0.15) is 4.98 Å². The maximum atomic E-state index is 14.2. The van der Waals surface area contributed by atoms with Crippen LogP contribution in [0.5, 0.6) is 5.75 Å². The Morgan fingerprint density at radius 2 is 1.70 bits per heavy atom. The first-order chi connectivity index (χ1) is 31.6. The van der Waals surface area contributed by atoms with Gasteiger partial charge in [0, 0.05) is 43.7 Å². The number of carbonyl (C=O) groups is 5. The molecule has 4 aliphatic heterocycles. The number of aromatic nitrogens is 3. The first-order valence-electron chi connectivity index (χ1n) is 22.3. The fourth-order valence-corrected chi connectivity index (χ4v) is 9.03.